The van der Waals surface area contributed by atoms with Crippen LogP contribution in [0.3, 0.4) is 0 Å². The van der Waals surface area contributed by atoms with E-state index in [4.69, 9.17) is 18.9 Å². The normalized spacial score (nSPS) is 10.1. The molecule has 13 heteroatoms. The van der Waals surface area contributed by atoms with Crippen LogP contribution in [0.25, 0.3) is 0 Å². The molecule has 1 N–H and O–H groups in total. The molecule has 2 rings (SSSR count). The van der Waals surface area contributed by atoms with Crippen molar-refractivity contribution in [2.24, 2.45) is 0 Å². The van der Waals surface area contributed by atoms with Gasteiger partial charge in [0.05, 0.1) is 25.9 Å². The van der Waals surface area contributed by atoms with E-state index >= 15 is 0 Å². The second-order valence-corrected chi connectivity index (χ2v) is 12.8. The summed E-state index contributed by atoms with van der Waals surface area (Å²) in [7, 11) is 1.45. The van der Waals surface area contributed by atoms with Crippen molar-refractivity contribution in [1.82, 2.24) is 0 Å². The first kappa shape index (κ1) is 30.3. The van der Waals surface area contributed by atoms with Gasteiger partial charge in [-0.1, -0.05) is 18.2 Å². The molecule has 2 aromatic rings. The van der Waals surface area contributed by atoms with E-state index in [1.807, 2.05) is 0 Å². The summed E-state index contributed by atoms with van der Waals surface area (Å²) < 4.78 is 29.9. The number of anilines is 1. The second kappa shape index (κ2) is 15.3. The molecule has 0 aromatic heterocycles. The fraction of sp³-hybridized carbons (Fsp3) is 0.227. The summed E-state index contributed by atoms with van der Waals surface area (Å²) in [6.45, 7) is 3.48. The van der Waals surface area contributed by atoms with E-state index in [-0.39, 0.29) is 24.5 Å². The summed E-state index contributed by atoms with van der Waals surface area (Å²) in [5, 5.41) is -0.405. The van der Waals surface area contributed by atoms with E-state index in [1.54, 1.807) is 56.3 Å². The molecule has 0 saturated heterocycles. The molecule has 0 bridgehead atoms. The molecule has 190 valence electrons. The van der Waals surface area contributed by atoms with Crippen LogP contribution in [-0.4, -0.2) is 38.2 Å². The SMILES string of the molecule is CCOC(=O)C(=CNc1ccc(OC)c(OC(=O)c2ccccc2)c1)C(=O)OCC.O=P(Cl)(Cl)Cl. The minimum Gasteiger partial charge on any atom is -0.493 e. The van der Waals surface area contributed by atoms with Crippen molar-refractivity contribution < 1.29 is 37.9 Å². The lowest BCUT2D eigenvalue weighted by Crippen LogP contribution is -2.19. The maximum Gasteiger partial charge on any atom is 0.347 e. The summed E-state index contributed by atoms with van der Waals surface area (Å²) in [5.74, 6) is -1.68. The lowest BCUT2D eigenvalue weighted by molar-refractivity contribution is -0.146. The second-order valence-electron chi connectivity index (χ2n) is 6.16. The van der Waals surface area contributed by atoms with Crippen LogP contribution in [0.4, 0.5) is 5.69 Å². The number of ether oxygens (including phenoxy) is 4. The number of hydrogen-bond donors (Lipinski definition) is 1. The van der Waals surface area contributed by atoms with Crippen LogP contribution in [0.15, 0.2) is 60.3 Å². The maximum absolute atomic E-state index is 12.3. The van der Waals surface area contributed by atoms with E-state index in [0.29, 0.717) is 17.0 Å². The van der Waals surface area contributed by atoms with Gasteiger partial charge in [-0.15, -0.1) is 0 Å². The van der Waals surface area contributed by atoms with E-state index in [1.165, 1.54) is 19.4 Å². The van der Waals surface area contributed by atoms with Crippen molar-refractivity contribution >= 4 is 62.5 Å². The van der Waals surface area contributed by atoms with Crippen molar-refractivity contribution in [3.8, 4) is 11.5 Å². The van der Waals surface area contributed by atoms with Gasteiger partial charge >= 0.3 is 23.1 Å². The van der Waals surface area contributed by atoms with Gasteiger partial charge in [-0.25, -0.2) is 14.4 Å². The Kier molecular flexibility index (Phi) is 13.3. The van der Waals surface area contributed by atoms with Gasteiger partial charge in [-0.2, -0.15) is 0 Å². The van der Waals surface area contributed by atoms with Gasteiger partial charge in [0.1, 0.15) is 0 Å². The molecule has 0 radical (unpaired) electrons. The van der Waals surface area contributed by atoms with E-state index in [0.717, 1.165) is 0 Å². The largest absolute Gasteiger partial charge is 0.493 e. The third-order valence-corrected chi connectivity index (χ3v) is 3.75. The number of halogens is 3. The molecule has 35 heavy (non-hydrogen) atoms. The monoisotopic (exact) mass is 565 g/mol. The fourth-order valence-electron chi connectivity index (χ4n) is 2.35. The van der Waals surface area contributed by atoms with Gasteiger partial charge in [0.15, 0.2) is 17.1 Å². The quantitative estimate of drug-likeness (QED) is 0.0952. The summed E-state index contributed by atoms with van der Waals surface area (Å²) in [5.41, 5.74) is 0.528. The zero-order valence-corrected chi connectivity index (χ0v) is 22.1. The third kappa shape index (κ3) is 12.0. The first-order chi connectivity index (χ1) is 16.5. The summed E-state index contributed by atoms with van der Waals surface area (Å²) >= 11 is 13.8. The Hall–Kier alpha value is -2.71. The minimum atomic E-state index is -3.22. The molecule has 0 aliphatic rings. The zero-order chi connectivity index (χ0) is 26.4. The number of esters is 3. The first-order valence-electron chi connectivity index (χ1n) is 9.95. The number of carbonyl (C=O) groups excluding carboxylic acids is 3. The van der Waals surface area contributed by atoms with Gasteiger partial charge in [0, 0.05) is 18.0 Å². The number of benzene rings is 2. The first-order valence-corrected chi connectivity index (χ1v) is 14.4. The maximum atomic E-state index is 12.3. The van der Waals surface area contributed by atoms with Crippen LogP contribution in [0.2, 0.25) is 0 Å². The Morgan fingerprint density at radius 1 is 0.914 bits per heavy atom. The Morgan fingerprint density at radius 2 is 1.46 bits per heavy atom. The van der Waals surface area contributed by atoms with Crippen molar-refractivity contribution in [3.05, 3.63) is 65.9 Å². The molecule has 0 aliphatic heterocycles. The van der Waals surface area contributed by atoms with Crippen molar-refractivity contribution in [2.45, 2.75) is 13.8 Å². The van der Waals surface area contributed by atoms with Crippen molar-refractivity contribution in [3.63, 3.8) is 0 Å². The number of hydrogen-bond acceptors (Lipinski definition) is 9. The van der Waals surface area contributed by atoms with Gasteiger partial charge in [0.2, 0.25) is 0 Å². The molecule has 0 spiro atoms. The van der Waals surface area contributed by atoms with Gasteiger partial charge < -0.3 is 24.3 Å². The highest BCUT2D eigenvalue weighted by atomic mass is 36.0. The minimum absolute atomic E-state index is 0.109. The molecule has 9 nitrogen and oxygen atoms in total. The molecule has 0 aliphatic carbocycles. The molecule has 0 heterocycles. The topological polar surface area (TPSA) is 117 Å². The Balaban J connectivity index is 0.00000111. The Morgan fingerprint density at radius 3 is 1.94 bits per heavy atom. The summed E-state index contributed by atoms with van der Waals surface area (Å²) in [6, 6.07) is 13.2. The summed E-state index contributed by atoms with van der Waals surface area (Å²) in [6.07, 6.45) is 1.18. The van der Waals surface area contributed by atoms with Gasteiger partial charge in [-0.05, 0) is 71.8 Å². The smallest absolute Gasteiger partial charge is 0.347 e. The van der Waals surface area contributed by atoms with E-state index in [2.05, 4.69) is 39.0 Å². The number of nitrogens with one attached hydrogen (secondary N) is 1. The molecule has 0 atom stereocenters. The Labute approximate surface area is 217 Å². The molecular weight excluding hydrogens is 544 g/mol. The molecule has 0 unspecified atom stereocenters. The van der Waals surface area contributed by atoms with Crippen molar-refractivity contribution in [2.75, 3.05) is 25.6 Å². The van der Waals surface area contributed by atoms with Crippen LogP contribution >= 0.6 is 38.9 Å². The van der Waals surface area contributed by atoms with Gasteiger partial charge in [-0.3, -0.25) is 4.57 Å². The Bertz CT molecular complexity index is 1060. The van der Waals surface area contributed by atoms with E-state index in [9.17, 15) is 18.9 Å². The van der Waals surface area contributed by atoms with Crippen LogP contribution in [-0.2, 0) is 23.6 Å². The van der Waals surface area contributed by atoms with Crippen LogP contribution in [0.5, 0.6) is 11.5 Å². The standard InChI is InChI=1S/C22H23NO7.Cl3OP/c1-4-28-21(25)17(22(26)29-5-2)14-23-16-11-12-18(27-3)19(13-16)30-20(24)15-9-7-6-8-10-15;1-5(2,3)4/h6-14,23H,4-5H2,1-3H3;. The third-order valence-electron chi connectivity index (χ3n) is 3.75. The fourth-order valence-corrected chi connectivity index (χ4v) is 2.35. The van der Waals surface area contributed by atoms with Crippen LogP contribution in [0, 0.1) is 0 Å². The average Bonchev–Trinajstić information content (AvgIpc) is 2.79. The summed E-state index contributed by atoms with van der Waals surface area (Å²) in [4.78, 5) is 36.4. The lowest BCUT2D eigenvalue weighted by Gasteiger charge is -2.12. The zero-order valence-electron chi connectivity index (χ0n) is 19.0. The molecule has 0 amide bonds. The van der Waals surface area contributed by atoms with Crippen LogP contribution in [0.1, 0.15) is 24.2 Å². The lowest BCUT2D eigenvalue weighted by atomic mass is 10.2. The van der Waals surface area contributed by atoms with E-state index < -0.39 is 23.1 Å². The molecule has 0 saturated carbocycles. The predicted molar refractivity (Wildman–Crippen MR) is 135 cm³/mol. The number of rotatable bonds is 9. The molecule has 2 aromatic carbocycles. The molecule has 0 fully saturated rings. The number of carbonyl (C=O) groups is 3. The highest BCUT2D eigenvalue weighted by Gasteiger charge is 2.21. The highest BCUT2D eigenvalue weighted by Crippen LogP contribution is 2.61. The highest BCUT2D eigenvalue weighted by molar-refractivity contribution is 8.24. The average molecular weight is 567 g/mol. The van der Waals surface area contributed by atoms with Crippen LogP contribution < -0.4 is 14.8 Å². The van der Waals surface area contributed by atoms with Gasteiger partial charge in [0.25, 0.3) is 0 Å². The molecular formula is C22H23Cl3NO8P. The van der Waals surface area contributed by atoms with Crippen molar-refractivity contribution in [1.29, 1.82) is 0 Å². The number of methoxy groups -OCH3 is 1. The predicted octanol–water partition coefficient (Wildman–Crippen LogP) is 6.15.